The third-order valence-corrected chi connectivity index (χ3v) is 7.79. The van der Waals surface area contributed by atoms with E-state index in [4.69, 9.17) is 16.6 Å². The molecule has 6 rings (SSSR count). The minimum Gasteiger partial charge on any atom is -0.356 e. The number of alkyl halides is 3. The van der Waals surface area contributed by atoms with Gasteiger partial charge in [0.05, 0.1) is 23.2 Å². The molecular formula is C29H31ClF3N7. The lowest BCUT2D eigenvalue weighted by atomic mass is 10.0. The van der Waals surface area contributed by atoms with Crippen LogP contribution < -0.4 is 9.80 Å². The number of hydrogen-bond donors (Lipinski definition) is 0. The van der Waals surface area contributed by atoms with Crippen molar-refractivity contribution >= 4 is 34.3 Å². The molecule has 4 aromatic rings. The molecule has 2 fully saturated rings. The van der Waals surface area contributed by atoms with Crippen LogP contribution in [0.4, 0.5) is 24.9 Å². The molecule has 2 aromatic carbocycles. The molecule has 0 unspecified atom stereocenters. The maximum absolute atomic E-state index is 13.6. The molecule has 0 bridgehead atoms. The zero-order valence-electron chi connectivity index (χ0n) is 22.5. The molecule has 0 saturated heterocycles. The number of halogens is 4. The molecule has 210 valence electrons. The second-order valence-electron chi connectivity index (χ2n) is 11.2. The molecule has 0 spiro atoms. The zero-order chi connectivity index (χ0) is 28.0. The number of anilines is 2. The summed E-state index contributed by atoms with van der Waals surface area (Å²) in [5, 5.41) is 14.1. The van der Waals surface area contributed by atoms with Crippen LogP contribution in [-0.2, 0) is 26.3 Å². The fourth-order valence-electron chi connectivity index (χ4n) is 5.20. The number of aryl methyl sites for hydroxylation is 2. The van der Waals surface area contributed by atoms with Gasteiger partial charge in [0.25, 0.3) is 5.95 Å². The van der Waals surface area contributed by atoms with Crippen molar-refractivity contribution in [3.63, 3.8) is 0 Å². The van der Waals surface area contributed by atoms with Crippen LogP contribution in [-0.4, -0.2) is 38.3 Å². The third kappa shape index (κ3) is 6.16. The van der Waals surface area contributed by atoms with E-state index in [9.17, 15) is 13.2 Å². The van der Waals surface area contributed by atoms with Gasteiger partial charge in [-0.1, -0.05) is 40.5 Å². The fraction of sp³-hybridized carbons (Fsp3) is 0.448. The SMILES string of the molecule is Cc1cc(CN(Cc2cc3cccc(Cl)c3nc2N(CC2CC2)CC2CC2)c2nnn(C)n2)cc(C(F)(F)F)c1. The van der Waals surface area contributed by atoms with E-state index in [0.717, 1.165) is 41.4 Å². The summed E-state index contributed by atoms with van der Waals surface area (Å²) in [7, 11) is 1.67. The summed E-state index contributed by atoms with van der Waals surface area (Å²) in [5.74, 6) is 2.52. The van der Waals surface area contributed by atoms with Crippen molar-refractivity contribution in [1.82, 2.24) is 25.2 Å². The zero-order valence-corrected chi connectivity index (χ0v) is 23.3. The molecule has 40 heavy (non-hydrogen) atoms. The summed E-state index contributed by atoms with van der Waals surface area (Å²) in [6.45, 7) is 4.06. The quantitative estimate of drug-likeness (QED) is 0.215. The van der Waals surface area contributed by atoms with Crippen LogP contribution >= 0.6 is 11.6 Å². The second kappa shape index (κ2) is 10.5. The Hall–Kier alpha value is -3.40. The van der Waals surface area contributed by atoms with Crippen LogP contribution in [0.2, 0.25) is 5.02 Å². The number of tetrazole rings is 1. The Morgan fingerprint density at radius 3 is 2.33 bits per heavy atom. The Morgan fingerprint density at radius 2 is 1.70 bits per heavy atom. The van der Waals surface area contributed by atoms with E-state index in [1.807, 2.05) is 23.1 Å². The van der Waals surface area contributed by atoms with Gasteiger partial charge < -0.3 is 9.80 Å². The first-order valence-corrected chi connectivity index (χ1v) is 14.0. The molecule has 7 nitrogen and oxygen atoms in total. The Balaban J connectivity index is 1.42. The minimum atomic E-state index is -4.43. The largest absolute Gasteiger partial charge is 0.416 e. The highest BCUT2D eigenvalue weighted by Gasteiger charge is 2.33. The highest BCUT2D eigenvalue weighted by Crippen LogP contribution is 2.38. The lowest BCUT2D eigenvalue weighted by Gasteiger charge is -2.29. The summed E-state index contributed by atoms with van der Waals surface area (Å²) < 4.78 is 40.9. The van der Waals surface area contributed by atoms with Crippen molar-refractivity contribution in [2.75, 3.05) is 22.9 Å². The smallest absolute Gasteiger partial charge is 0.356 e. The second-order valence-corrected chi connectivity index (χ2v) is 11.6. The molecule has 0 radical (unpaired) electrons. The summed E-state index contributed by atoms with van der Waals surface area (Å²) in [6, 6.07) is 11.9. The average Bonchev–Trinajstić information content (AvgIpc) is 3.83. The minimum absolute atomic E-state index is 0.175. The van der Waals surface area contributed by atoms with Crippen LogP contribution in [0.5, 0.6) is 0 Å². The van der Waals surface area contributed by atoms with E-state index in [1.165, 1.54) is 36.5 Å². The van der Waals surface area contributed by atoms with Gasteiger partial charge >= 0.3 is 6.18 Å². The van der Waals surface area contributed by atoms with E-state index < -0.39 is 11.7 Å². The van der Waals surface area contributed by atoms with E-state index in [1.54, 1.807) is 20.0 Å². The monoisotopic (exact) mass is 569 g/mol. The molecule has 2 aromatic heterocycles. The maximum atomic E-state index is 13.6. The van der Waals surface area contributed by atoms with Gasteiger partial charge in [0, 0.05) is 37.1 Å². The molecule has 0 N–H and O–H groups in total. The van der Waals surface area contributed by atoms with E-state index in [2.05, 4.69) is 26.4 Å². The lowest BCUT2D eigenvalue weighted by molar-refractivity contribution is -0.137. The summed E-state index contributed by atoms with van der Waals surface area (Å²) in [5.41, 5.74) is 2.09. The topological polar surface area (TPSA) is 63.0 Å². The van der Waals surface area contributed by atoms with Gasteiger partial charge in [0.1, 0.15) is 5.82 Å². The predicted molar refractivity (Wildman–Crippen MR) is 149 cm³/mol. The molecule has 2 aliphatic rings. The number of aromatic nitrogens is 5. The number of para-hydroxylation sites is 1. The summed E-state index contributed by atoms with van der Waals surface area (Å²) in [4.78, 5) is 10.7. The summed E-state index contributed by atoms with van der Waals surface area (Å²) in [6.07, 6.45) is 0.437. The highest BCUT2D eigenvalue weighted by molar-refractivity contribution is 6.35. The fourth-order valence-corrected chi connectivity index (χ4v) is 5.42. The predicted octanol–water partition coefficient (Wildman–Crippen LogP) is 6.57. The van der Waals surface area contributed by atoms with E-state index in [-0.39, 0.29) is 6.54 Å². The van der Waals surface area contributed by atoms with Crippen molar-refractivity contribution in [2.24, 2.45) is 18.9 Å². The first-order chi connectivity index (χ1) is 19.1. The molecule has 2 heterocycles. The Morgan fingerprint density at radius 1 is 0.975 bits per heavy atom. The van der Waals surface area contributed by atoms with Gasteiger partial charge in [-0.2, -0.15) is 18.0 Å². The number of fused-ring (bicyclic) bond motifs is 1. The number of nitrogens with zero attached hydrogens (tertiary/aromatic N) is 7. The first-order valence-electron chi connectivity index (χ1n) is 13.6. The van der Waals surface area contributed by atoms with Crippen molar-refractivity contribution in [1.29, 1.82) is 0 Å². The van der Waals surface area contributed by atoms with Crippen molar-refractivity contribution in [3.05, 3.63) is 69.7 Å². The van der Waals surface area contributed by atoms with Crippen molar-refractivity contribution < 1.29 is 13.2 Å². The Labute approximate surface area is 235 Å². The van der Waals surface area contributed by atoms with Gasteiger partial charge in [0.15, 0.2) is 0 Å². The lowest BCUT2D eigenvalue weighted by Crippen LogP contribution is -2.32. The molecule has 11 heteroatoms. The van der Waals surface area contributed by atoms with Crippen LogP contribution in [0.1, 0.15) is 47.9 Å². The van der Waals surface area contributed by atoms with Crippen LogP contribution in [0.25, 0.3) is 10.9 Å². The number of benzene rings is 2. The van der Waals surface area contributed by atoms with Crippen LogP contribution in [0, 0.1) is 18.8 Å². The van der Waals surface area contributed by atoms with Gasteiger partial charge in [0.2, 0.25) is 0 Å². The number of hydrogen-bond acceptors (Lipinski definition) is 6. The van der Waals surface area contributed by atoms with Gasteiger partial charge in [-0.15, -0.1) is 5.10 Å². The van der Waals surface area contributed by atoms with Gasteiger partial charge in [-0.05, 0) is 79.5 Å². The normalized spacial score (nSPS) is 15.6. The van der Waals surface area contributed by atoms with Crippen LogP contribution in [0.15, 0.2) is 42.5 Å². The standard InChI is InChI=1S/C29H31ClF3N7/c1-18-10-21(12-24(11-18)29(31,32)33)16-40(28-35-37-38(2)36-28)17-23-13-22-4-3-5-25(30)26(22)34-27(23)39(14-19-6-7-19)15-20-8-9-20/h3-5,10-13,19-20H,6-9,14-17H2,1-2H3. The number of rotatable bonds is 10. The van der Waals surface area contributed by atoms with E-state index >= 15 is 0 Å². The first kappa shape index (κ1) is 26.8. The highest BCUT2D eigenvalue weighted by atomic mass is 35.5. The molecule has 2 aliphatic carbocycles. The molecule has 2 saturated carbocycles. The maximum Gasteiger partial charge on any atom is 0.416 e. The van der Waals surface area contributed by atoms with Crippen molar-refractivity contribution in [2.45, 2.75) is 51.9 Å². The molecule has 0 aliphatic heterocycles. The Kier molecular flexibility index (Phi) is 7.06. The van der Waals surface area contributed by atoms with Crippen molar-refractivity contribution in [3.8, 4) is 0 Å². The summed E-state index contributed by atoms with van der Waals surface area (Å²) >= 11 is 6.59. The van der Waals surface area contributed by atoms with Gasteiger partial charge in [-0.3, -0.25) is 0 Å². The molecule has 0 atom stereocenters. The molecular weight excluding hydrogens is 539 g/mol. The van der Waals surface area contributed by atoms with E-state index in [0.29, 0.717) is 40.5 Å². The number of pyridine rings is 1. The van der Waals surface area contributed by atoms with Gasteiger partial charge in [-0.25, -0.2) is 4.98 Å². The average molecular weight is 570 g/mol. The molecule has 0 amide bonds. The third-order valence-electron chi connectivity index (χ3n) is 7.48. The Bertz CT molecular complexity index is 1510. The van der Waals surface area contributed by atoms with Crippen LogP contribution in [0.3, 0.4) is 0 Å².